The van der Waals surface area contributed by atoms with Gasteiger partial charge in [0.1, 0.15) is 0 Å². The van der Waals surface area contributed by atoms with E-state index in [0.717, 1.165) is 24.1 Å². The minimum Gasteiger partial charge on any atom is -0.335 e. The average Bonchev–Trinajstić information content (AvgIpc) is 3.05. The number of fused-ring (bicyclic) bond motifs is 3. The first-order valence-electron chi connectivity index (χ1n) is 8.04. The lowest BCUT2D eigenvalue weighted by Crippen LogP contribution is -2.52. The van der Waals surface area contributed by atoms with E-state index >= 15 is 0 Å². The van der Waals surface area contributed by atoms with Crippen LogP contribution in [0.4, 0.5) is 0 Å². The van der Waals surface area contributed by atoms with E-state index in [1.807, 2.05) is 29.2 Å². The molecule has 1 aromatic heterocycles. The lowest BCUT2D eigenvalue weighted by atomic mass is 9.91. The average molecular weight is 298 g/mol. The summed E-state index contributed by atoms with van der Waals surface area (Å²) in [7, 11) is 4.32. The lowest BCUT2D eigenvalue weighted by Gasteiger charge is -2.40. The summed E-state index contributed by atoms with van der Waals surface area (Å²) in [5.41, 5.74) is 1.79. The van der Waals surface area contributed by atoms with Crippen molar-refractivity contribution in [1.29, 1.82) is 0 Å². The van der Waals surface area contributed by atoms with E-state index in [2.05, 4.69) is 29.0 Å². The highest BCUT2D eigenvalue weighted by Gasteiger charge is 2.44. The van der Waals surface area contributed by atoms with Gasteiger partial charge in [0, 0.05) is 19.1 Å². The molecule has 2 aromatic rings. The zero-order valence-corrected chi connectivity index (χ0v) is 13.1. The van der Waals surface area contributed by atoms with Gasteiger partial charge in [-0.05, 0) is 50.9 Å². The molecule has 5 nitrogen and oxygen atoms in total. The van der Waals surface area contributed by atoms with Crippen molar-refractivity contribution in [3.8, 4) is 0 Å². The zero-order valence-electron chi connectivity index (χ0n) is 13.1. The molecule has 22 heavy (non-hydrogen) atoms. The number of amides is 1. The van der Waals surface area contributed by atoms with Crippen LogP contribution in [0.15, 0.2) is 24.3 Å². The standard InChI is InChI=1S/C17H22N4O/c1-20(2)15-11-7-8-12(15)10-21(9-11)17(22)16-18-13-5-3-4-6-14(13)19-16/h3-6,11-12,15H,7-10H2,1-2H3,(H,18,19)/t11-,12+,15?. The number of aromatic amines is 1. The van der Waals surface area contributed by atoms with Crippen molar-refractivity contribution < 1.29 is 4.79 Å². The van der Waals surface area contributed by atoms with Crippen molar-refractivity contribution in [3.05, 3.63) is 30.1 Å². The van der Waals surface area contributed by atoms with Crippen LogP contribution in [0, 0.1) is 11.8 Å². The van der Waals surface area contributed by atoms with E-state index in [0.29, 0.717) is 23.7 Å². The summed E-state index contributed by atoms with van der Waals surface area (Å²) in [6, 6.07) is 8.42. The maximum atomic E-state index is 12.8. The molecule has 1 saturated heterocycles. The molecule has 2 aliphatic rings. The van der Waals surface area contributed by atoms with Gasteiger partial charge < -0.3 is 14.8 Å². The Bertz CT molecular complexity index is 661. The highest BCUT2D eigenvalue weighted by Crippen LogP contribution is 2.39. The number of rotatable bonds is 2. The van der Waals surface area contributed by atoms with E-state index in [9.17, 15) is 4.79 Å². The van der Waals surface area contributed by atoms with Gasteiger partial charge in [0.15, 0.2) is 5.82 Å². The highest BCUT2D eigenvalue weighted by molar-refractivity contribution is 5.94. The maximum absolute atomic E-state index is 12.8. The number of H-pyrrole nitrogens is 1. The van der Waals surface area contributed by atoms with Gasteiger partial charge in [-0.25, -0.2) is 4.98 Å². The summed E-state index contributed by atoms with van der Waals surface area (Å²) in [6.45, 7) is 1.71. The Labute approximate surface area is 130 Å². The highest BCUT2D eigenvalue weighted by atomic mass is 16.2. The second kappa shape index (κ2) is 5.09. The number of carbonyl (C=O) groups excluding carboxylic acids is 1. The molecule has 1 N–H and O–H groups in total. The van der Waals surface area contributed by atoms with Crippen LogP contribution in [-0.4, -0.2) is 58.9 Å². The molecular weight excluding hydrogens is 276 g/mol. The van der Waals surface area contributed by atoms with Gasteiger partial charge in [-0.3, -0.25) is 4.79 Å². The third-order valence-corrected chi connectivity index (χ3v) is 5.26. The molecule has 4 rings (SSSR count). The van der Waals surface area contributed by atoms with Gasteiger partial charge in [0.25, 0.3) is 5.91 Å². The summed E-state index contributed by atoms with van der Waals surface area (Å²) in [4.78, 5) is 24.7. The number of hydrogen-bond donors (Lipinski definition) is 1. The number of nitrogens with zero attached hydrogens (tertiary/aromatic N) is 3. The maximum Gasteiger partial charge on any atom is 0.289 e. The Balaban J connectivity index is 1.57. The Morgan fingerprint density at radius 1 is 1.23 bits per heavy atom. The van der Waals surface area contributed by atoms with Gasteiger partial charge in [0.2, 0.25) is 0 Å². The number of nitrogens with one attached hydrogen (secondary N) is 1. The van der Waals surface area contributed by atoms with Crippen LogP contribution in [0.5, 0.6) is 0 Å². The smallest absolute Gasteiger partial charge is 0.289 e. The molecule has 0 radical (unpaired) electrons. The van der Waals surface area contributed by atoms with Crippen LogP contribution in [0.25, 0.3) is 11.0 Å². The minimum absolute atomic E-state index is 0.0466. The number of piperidine rings is 1. The Morgan fingerprint density at radius 3 is 2.55 bits per heavy atom. The molecule has 0 spiro atoms. The third kappa shape index (κ3) is 2.11. The summed E-state index contributed by atoms with van der Waals surface area (Å²) < 4.78 is 0. The third-order valence-electron chi connectivity index (χ3n) is 5.26. The van der Waals surface area contributed by atoms with E-state index in [-0.39, 0.29) is 5.91 Å². The SMILES string of the molecule is CN(C)C1[C@@H]2CC[C@H]1CN(C(=O)c1nc3ccccc3[nH]1)C2. The molecule has 3 atom stereocenters. The summed E-state index contributed by atoms with van der Waals surface area (Å²) in [5.74, 6) is 1.72. The fourth-order valence-corrected chi connectivity index (χ4v) is 4.41. The van der Waals surface area contributed by atoms with Crippen molar-refractivity contribution in [2.24, 2.45) is 11.8 Å². The summed E-state index contributed by atoms with van der Waals surface area (Å²) >= 11 is 0. The van der Waals surface area contributed by atoms with E-state index in [1.54, 1.807) is 0 Å². The molecule has 116 valence electrons. The Kier molecular flexibility index (Phi) is 3.18. The van der Waals surface area contributed by atoms with Crippen LogP contribution in [-0.2, 0) is 0 Å². The normalized spacial score (nSPS) is 27.8. The zero-order chi connectivity index (χ0) is 15.3. The molecule has 1 aliphatic heterocycles. The van der Waals surface area contributed by atoms with Crippen LogP contribution in [0.2, 0.25) is 0 Å². The van der Waals surface area contributed by atoms with Crippen LogP contribution in [0.3, 0.4) is 0 Å². The van der Waals surface area contributed by atoms with Crippen molar-refractivity contribution in [1.82, 2.24) is 19.8 Å². The fraction of sp³-hybridized carbons (Fsp3) is 0.529. The summed E-state index contributed by atoms with van der Waals surface area (Å²) in [5, 5.41) is 0. The number of likely N-dealkylation sites (tertiary alicyclic amines) is 1. The molecule has 2 fully saturated rings. The topological polar surface area (TPSA) is 52.2 Å². The molecule has 1 saturated carbocycles. The number of imidazole rings is 1. The van der Waals surface area contributed by atoms with E-state index in [1.165, 1.54) is 12.8 Å². The predicted octanol–water partition coefficient (Wildman–Crippen LogP) is 1.98. The fourth-order valence-electron chi connectivity index (χ4n) is 4.41. The number of hydrogen-bond acceptors (Lipinski definition) is 3. The Hall–Kier alpha value is -1.88. The molecule has 1 aliphatic carbocycles. The number of para-hydroxylation sites is 2. The monoisotopic (exact) mass is 298 g/mol. The van der Waals surface area contributed by atoms with E-state index < -0.39 is 0 Å². The van der Waals surface area contributed by atoms with Gasteiger partial charge in [-0.15, -0.1) is 0 Å². The van der Waals surface area contributed by atoms with Crippen molar-refractivity contribution in [2.45, 2.75) is 18.9 Å². The van der Waals surface area contributed by atoms with Crippen molar-refractivity contribution >= 4 is 16.9 Å². The van der Waals surface area contributed by atoms with Gasteiger partial charge in [-0.2, -0.15) is 0 Å². The molecule has 1 unspecified atom stereocenters. The first-order valence-corrected chi connectivity index (χ1v) is 8.04. The molecule has 2 bridgehead atoms. The first-order chi connectivity index (χ1) is 10.6. The molecule has 1 aromatic carbocycles. The van der Waals surface area contributed by atoms with Crippen LogP contribution < -0.4 is 0 Å². The predicted molar refractivity (Wildman–Crippen MR) is 85.7 cm³/mol. The largest absolute Gasteiger partial charge is 0.335 e. The Morgan fingerprint density at radius 2 is 1.91 bits per heavy atom. The molecular formula is C17H22N4O. The quantitative estimate of drug-likeness (QED) is 0.922. The molecule has 2 heterocycles. The lowest BCUT2D eigenvalue weighted by molar-refractivity contribution is 0.0478. The van der Waals surface area contributed by atoms with Gasteiger partial charge >= 0.3 is 0 Å². The van der Waals surface area contributed by atoms with Gasteiger partial charge in [0.05, 0.1) is 11.0 Å². The van der Waals surface area contributed by atoms with Gasteiger partial charge in [-0.1, -0.05) is 12.1 Å². The first kappa shape index (κ1) is 13.8. The summed E-state index contributed by atoms with van der Waals surface area (Å²) in [6.07, 6.45) is 2.47. The van der Waals surface area contributed by atoms with Crippen LogP contribution in [0.1, 0.15) is 23.5 Å². The van der Waals surface area contributed by atoms with Crippen LogP contribution >= 0.6 is 0 Å². The minimum atomic E-state index is 0.0466. The number of carbonyl (C=O) groups is 1. The second-order valence-corrected chi connectivity index (χ2v) is 6.86. The number of aromatic nitrogens is 2. The molecule has 1 amide bonds. The molecule has 5 heteroatoms. The van der Waals surface area contributed by atoms with Crippen molar-refractivity contribution in [2.75, 3.05) is 27.2 Å². The van der Waals surface area contributed by atoms with E-state index in [4.69, 9.17) is 0 Å². The van der Waals surface area contributed by atoms with Crippen molar-refractivity contribution in [3.63, 3.8) is 0 Å². The second-order valence-electron chi connectivity index (χ2n) is 6.86. The number of benzene rings is 1.